The van der Waals surface area contributed by atoms with Crippen LogP contribution in [0.5, 0.6) is 0 Å². The average molecular weight is 292 g/mol. The van der Waals surface area contributed by atoms with Crippen LogP contribution in [0.25, 0.3) is 0 Å². The third-order valence-corrected chi connectivity index (χ3v) is 4.57. The first-order chi connectivity index (χ1) is 9.06. The number of aryl methyl sites for hydroxylation is 2. The second-order valence-corrected chi connectivity index (χ2v) is 5.94. The minimum Gasteiger partial charge on any atom is -0.377 e. The molecule has 0 fully saturated rings. The molecule has 1 atom stereocenters. The Kier molecular flexibility index (Phi) is 3.20. The minimum atomic E-state index is 0.282. The van der Waals surface area contributed by atoms with Gasteiger partial charge in [0.1, 0.15) is 0 Å². The number of rotatable bonds is 1. The van der Waals surface area contributed by atoms with E-state index in [2.05, 4.69) is 31.3 Å². The summed E-state index contributed by atoms with van der Waals surface area (Å²) in [6, 6.07) is 10.5. The lowest BCUT2D eigenvalue weighted by molar-refractivity contribution is 0.821. The molecule has 1 heterocycles. The highest BCUT2D eigenvalue weighted by atomic mass is 35.5. The fourth-order valence-corrected chi connectivity index (χ4v) is 3.00. The van der Waals surface area contributed by atoms with Crippen molar-refractivity contribution >= 4 is 28.9 Å². The maximum absolute atomic E-state index is 6.11. The van der Waals surface area contributed by atoms with Crippen LogP contribution in [-0.4, -0.2) is 0 Å². The number of nitrogens with one attached hydrogen (secondary N) is 1. The molecular weight excluding hydrogens is 277 g/mol. The molecule has 19 heavy (non-hydrogen) atoms. The van der Waals surface area contributed by atoms with Crippen LogP contribution in [0.4, 0.5) is 5.69 Å². The minimum absolute atomic E-state index is 0.282. The van der Waals surface area contributed by atoms with Gasteiger partial charge in [-0.15, -0.1) is 0 Å². The third kappa shape index (κ3) is 2.22. The first-order valence-corrected chi connectivity index (χ1v) is 7.12. The van der Waals surface area contributed by atoms with Crippen molar-refractivity contribution in [2.45, 2.75) is 26.3 Å². The normalized spacial score (nSPS) is 17.2. The second-order valence-electron chi connectivity index (χ2n) is 5.13. The van der Waals surface area contributed by atoms with Crippen LogP contribution in [0.15, 0.2) is 30.3 Å². The van der Waals surface area contributed by atoms with E-state index in [9.17, 15) is 0 Å². The summed E-state index contributed by atoms with van der Waals surface area (Å²) < 4.78 is 0. The van der Waals surface area contributed by atoms with Crippen LogP contribution in [-0.2, 0) is 6.42 Å². The van der Waals surface area contributed by atoms with Crippen LogP contribution in [0, 0.1) is 13.8 Å². The first-order valence-electron chi connectivity index (χ1n) is 6.37. The molecule has 0 aromatic heterocycles. The summed E-state index contributed by atoms with van der Waals surface area (Å²) in [6.07, 6.45) is 1.00. The Morgan fingerprint density at radius 3 is 2.42 bits per heavy atom. The van der Waals surface area contributed by atoms with E-state index in [-0.39, 0.29) is 6.04 Å². The lowest BCUT2D eigenvalue weighted by Crippen LogP contribution is -2.05. The van der Waals surface area contributed by atoms with Crippen LogP contribution >= 0.6 is 23.2 Å². The largest absolute Gasteiger partial charge is 0.377 e. The van der Waals surface area contributed by atoms with Gasteiger partial charge in [-0.25, -0.2) is 0 Å². The summed E-state index contributed by atoms with van der Waals surface area (Å²) >= 11 is 12.1. The maximum Gasteiger partial charge on any atom is 0.0595 e. The highest BCUT2D eigenvalue weighted by Gasteiger charge is 2.25. The highest BCUT2D eigenvalue weighted by molar-refractivity contribution is 6.42. The van der Waals surface area contributed by atoms with Gasteiger partial charge in [0.25, 0.3) is 0 Å². The maximum atomic E-state index is 6.11. The molecule has 0 spiro atoms. The quantitative estimate of drug-likeness (QED) is 0.750. The van der Waals surface area contributed by atoms with Crippen LogP contribution in [0.2, 0.25) is 10.0 Å². The molecule has 0 bridgehead atoms. The molecule has 3 rings (SSSR count). The zero-order valence-electron chi connectivity index (χ0n) is 10.9. The fraction of sp³-hybridized carbons (Fsp3) is 0.250. The Bertz CT molecular complexity index is 618. The van der Waals surface area contributed by atoms with E-state index in [4.69, 9.17) is 23.2 Å². The van der Waals surface area contributed by atoms with Gasteiger partial charge in [0.15, 0.2) is 0 Å². The topological polar surface area (TPSA) is 12.0 Å². The highest BCUT2D eigenvalue weighted by Crippen LogP contribution is 2.39. The van der Waals surface area contributed by atoms with E-state index in [0.717, 1.165) is 6.42 Å². The van der Waals surface area contributed by atoms with Crippen molar-refractivity contribution in [2.24, 2.45) is 0 Å². The molecule has 1 nitrogen and oxygen atoms in total. The standard InChI is InChI=1S/C16H15Cl2N/c1-9-3-4-10(2)16-12(9)8-15(19-16)11-5-6-13(17)14(18)7-11/h3-7,15,19H,8H2,1-2H3. The number of benzene rings is 2. The molecule has 1 aliphatic heterocycles. The van der Waals surface area contributed by atoms with Gasteiger partial charge < -0.3 is 5.32 Å². The third-order valence-electron chi connectivity index (χ3n) is 3.83. The molecule has 2 aromatic rings. The van der Waals surface area contributed by atoms with E-state index in [1.807, 2.05) is 18.2 Å². The van der Waals surface area contributed by atoms with E-state index in [0.29, 0.717) is 10.0 Å². The van der Waals surface area contributed by atoms with Gasteiger partial charge in [-0.3, -0.25) is 0 Å². The number of halogens is 2. The first kappa shape index (κ1) is 12.8. The van der Waals surface area contributed by atoms with Crippen LogP contribution in [0.1, 0.15) is 28.3 Å². The number of hydrogen-bond donors (Lipinski definition) is 1. The lowest BCUT2D eigenvalue weighted by Gasteiger charge is -2.13. The van der Waals surface area contributed by atoms with Gasteiger partial charge in [0.05, 0.1) is 16.1 Å². The Morgan fingerprint density at radius 2 is 1.74 bits per heavy atom. The smallest absolute Gasteiger partial charge is 0.0595 e. The van der Waals surface area contributed by atoms with Crippen molar-refractivity contribution in [1.29, 1.82) is 0 Å². The average Bonchev–Trinajstić information content (AvgIpc) is 2.83. The van der Waals surface area contributed by atoms with Gasteiger partial charge in [-0.2, -0.15) is 0 Å². The molecule has 0 saturated carbocycles. The molecule has 1 N–H and O–H groups in total. The number of hydrogen-bond acceptors (Lipinski definition) is 1. The van der Waals surface area contributed by atoms with Crippen molar-refractivity contribution in [3.8, 4) is 0 Å². The van der Waals surface area contributed by atoms with E-state index in [1.165, 1.54) is 27.9 Å². The lowest BCUT2D eigenvalue weighted by atomic mass is 9.99. The van der Waals surface area contributed by atoms with Crippen LogP contribution in [0.3, 0.4) is 0 Å². The summed E-state index contributed by atoms with van der Waals surface area (Å²) in [5.74, 6) is 0. The zero-order chi connectivity index (χ0) is 13.6. The van der Waals surface area contributed by atoms with Crippen molar-refractivity contribution in [3.63, 3.8) is 0 Å². The fourth-order valence-electron chi connectivity index (χ4n) is 2.69. The van der Waals surface area contributed by atoms with E-state index < -0.39 is 0 Å². The van der Waals surface area contributed by atoms with Crippen molar-refractivity contribution in [2.75, 3.05) is 5.32 Å². The number of anilines is 1. The van der Waals surface area contributed by atoms with Gasteiger partial charge >= 0.3 is 0 Å². The summed E-state index contributed by atoms with van der Waals surface area (Å²) in [4.78, 5) is 0. The molecule has 0 amide bonds. The van der Waals surface area contributed by atoms with Crippen molar-refractivity contribution in [3.05, 3.63) is 62.6 Å². The Hall–Kier alpha value is -1.18. The predicted molar refractivity (Wildman–Crippen MR) is 82.4 cm³/mol. The molecular formula is C16H15Cl2N. The summed E-state index contributed by atoms with van der Waals surface area (Å²) in [5, 5.41) is 4.83. The van der Waals surface area contributed by atoms with Gasteiger partial charge in [0, 0.05) is 5.69 Å². The predicted octanol–water partition coefficient (Wildman–Crippen LogP) is 5.32. The zero-order valence-corrected chi connectivity index (χ0v) is 12.4. The Labute approximate surface area is 123 Å². The number of fused-ring (bicyclic) bond motifs is 1. The van der Waals surface area contributed by atoms with E-state index in [1.54, 1.807) is 0 Å². The summed E-state index contributed by atoms with van der Waals surface area (Å²) in [7, 11) is 0. The molecule has 0 saturated heterocycles. The van der Waals surface area contributed by atoms with Crippen LogP contribution < -0.4 is 5.32 Å². The van der Waals surface area contributed by atoms with Gasteiger partial charge in [-0.1, -0.05) is 41.4 Å². The van der Waals surface area contributed by atoms with Crippen molar-refractivity contribution in [1.82, 2.24) is 0 Å². The van der Waals surface area contributed by atoms with Gasteiger partial charge in [0.2, 0.25) is 0 Å². The molecule has 98 valence electrons. The SMILES string of the molecule is Cc1ccc(C)c2c1CC(c1ccc(Cl)c(Cl)c1)N2. The molecule has 0 radical (unpaired) electrons. The van der Waals surface area contributed by atoms with E-state index >= 15 is 0 Å². The van der Waals surface area contributed by atoms with Crippen molar-refractivity contribution < 1.29 is 0 Å². The molecule has 1 aliphatic rings. The summed E-state index contributed by atoms with van der Waals surface area (Å²) in [5.41, 5.74) is 6.51. The molecule has 3 heteroatoms. The monoisotopic (exact) mass is 291 g/mol. The molecule has 0 aliphatic carbocycles. The molecule has 1 unspecified atom stereocenters. The van der Waals surface area contributed by atoms with Gasteiger partial charge in [-0.05, 0) is 54.7 Å². The Balaban J connectivity index is 1.97. The summed E-state index contributed by atoms with van der Waals surface area (Å²) in [6.45, 7) is 4.31. The molecule has 2 aromatic carbocycles. The second kappa shape index (κ2) is 4.73. The Morgan fingerprint density at radius 1 is 1.00 bits per heavy atom.